The Kier molecular flexibility index (Phi) is 7.43. The standard InChI is InChI=1S/C19H30O3/c1-6-10-11-15(7-2)13-19(9-4)14-16(8-3)17(22-19)12-18(20)21-5/h10-12,14-15H,6-9,13H2,1-5H3/b11-10+,17-12-/t15?,19-/m1/s1. The topological polar surface area (TPSA) is 35.5 Å². The predicted molar refractivity (Wildman–Crippen MR) is 90.4 cm³/mol. The van der Waals surface area contributed by atoms with Gasteiger partial charge in [0.25, 0.3) is 0 Å². The first kappa shape index (κ1) is 18.5. The number of ether oxygens (including phenoxy) is 2. The Bertz CT molecular complexity index is 459. The van der Waals surface area contributed by atoms with Gasteiger partial charge in [-0.1, -0.05) is 39.8 Å². The Morgan fingerprint density at radius 3 is 2.59 bits per heavy atom. The van der Waals surface area contributed by atoms with E-state index in [9.17, 15) is 4.79 Å². The average molecular weight is 306 g/mol. The highest BCUT2D eigenvalue weighted by Crippen LogP contribution is 2.40. The van der Waals surface area contributed by atoms with Gasteiger partial charge in [-0.2, -0.15) is 0 Å². The molecule has 0 N–H and O–H groups in total. The lowest BCUT2D eigenvalue weighted by molar-refractivity contribution is -0.135. The van der Waals surface area contributed by atoms with E-state index in [4.69, 9.17) is 9.47 Å². The van der Waals surface area contributed by atoms with Crippen LogP contribution in [0.1, 0.15) is 59.8 Å². The maximum Gasteiger partial charge on any atom is 0.334 e. The van der Waals surface area contributed by atoms with Gasteiger partial charge in [0.1, 0.15) is 11.4 Å². The van der Waals surface area contributed by atoms with Crippen molar-refractivity contribution in [3.8, 4) is 0 Å². The lowest BCUT2D eigenvalue weighted by Crippen LogP contribution is -2.28. The van der Waals surface area contributed by atoms with E-state index in [0.717, 1.165) is 37.7 Å². The molecular formula is C19H30O3. The lowest BCUT2D eigenvalue weighted by Gasteiger charge is -2.29. The third kappa shape index (κ3) is 4.75. The summed E-state index contributed by atoms with van der Waals surface area (Å²) >= 11 is 0. The molecule has 0 bridgehead atoms. The molecule has 3 nitrogen and oxygen atoms in total. The minimum Gasteiger partial charge on any atom is -0.483 e. The summed E-state index contributed by atoms with van der Waals surface area (Å²) in [5.41, 5.74) is 0.797. The second-order valence-corrected chi connectivity index (χ2v) is 5.78. The molecule has 1 heterocycles. The fourth-order valence-electron chi connectivity index (χ4n) is 2.81. The predicted octanol–water partition coefficient (Wildman–Crippen LogP) is 4.94. The minimum absolute atomic E-state index is 0.302. The van der Waals surface area contributed by atoms with Gasteiger partial charge < -0.3 is 9.47 Å². The van der Waals surface area contributed by atoms with Gasteiger partial charge in [0, 0.05) is 0 Å². The second kappa shape index (κ2) is 8.82. The molecule has 2 atom stereocenters. The van der Waals surface area contributed by atoms with Crippen molar-refractivity contribution in [1.82, 2.24) is 0 Å². The molecule has 0 fully saturated rings. The monoisotopic (exact) mass is 306 g/mol. The van der Waals surface area contributed by atoms with Crippen LogP contribution in [-0.4, -0.2) is 18.7 Å². The van der Waals surface area contributed by atoms with E-state index in [-0.39, 0.29) is 11.6 Å². The highest BCUT2D eigenvalue weighted by atomic mass is 16.5. The molecule has 1 rings (SSSR count). The van der Waals surface area contributed by atoms with Crippen LogP contribution in [0, 0.1) is 5.92 Å². The first-order valence-electron chi connectivity index (χ1n) is 8.41. The van der Waals surface area contributed by atoms with E-state index in [0.29, 0.717) is 11.7 Å². The van der Waals surface area contributed by atoms with Gasteiger partial charge >= 0.3 is 5.97 Å². The van der Waals surface area contributed by atoms with E-state index in [1.54, 1.807) is 0 Å². The van der Waals surface area contributed by atoms with Crippen molar-refractivity contribution in [1.29, 1.82) is 0 Å². The summed E-state index contributed by atoms with van der Waals surface area (Å²) in [6.45, 7) is 8.58. The Labute approximate surface area is 135 Å². The first-order valence-corrected chi connectivity index (χ1v) is 8.41. The summed E-state index contributed by atoms with van der Waals surface area (Å²) in [6.07, 6.45) is 13.0. The van der Waals surface area contributed by atoms with Crippen molar-refractivity contribution in [3.05, 3.63) is 35.6 Å². The number of methoxy groups -OCH3 is 1. The molecule has 0 saturated carbocycles. The number of esters is 1. The van der Waals surface area contributed by atoms with Gasteiger partial charge in [-0.15, -0.1) is 0 Å². The van der Waals surface area contributed by atoms with Crippen molar-refractivity contribution in [2.45, 2.75) is 65.4 Å². The Balaban J connectivity index is 2.99. The van der Waals surface area contributed by atoms with Crippen LogP contribution in [0.25, 0.3) is 0 Å². The second-order valence-electron chi connectivity index (χ2n) is 5.78. The highest BCUT2D eigenvalue weighted by molar-refractivity contribution is 5.83. The summed E-state index contributed by atoms with van der Waals surface area (Å²) in [5.74, 6) is 0.802. The normalized spacial score (nSPS) is 24.4. The van der Waals surface area contributed by atoms with Gasteiger partial charge in [0.15, 0.2) is 0 Å². The number of allylic oxidation sites excluding steroid dienone is 3. The van der Waals surface area contributed by atoms with Crippen LogP contribution in [0.2, 0.25) is 0 Å². The fraction of sp³-hybridized carbons (Fsp3) is 0.632. The summed E-state index contributed by atoms with van der Waals surface area (Å²) < 4.78 is 10.9. The van der Waals surface area contributed by atoms with Gasteiger partial charge in [-0.3, -0.25) is 0 Å². The maximum atomic E-state index is 11.5. The third-order valence-electron chi connectivity index (χ3n) is 4.27. The minimum atomic E-state index is -0.362. The molecule has 0 saturated heterocycles. The molecule has 0 aromatic heterocycles. The number of hydrogen-bond donors (Lipinski definition) is 0. The zero-order valence-corrected chi connectivity index (χ0v) is 14.6. The summed E-state index contributed by atoms with van der Waals surface area (Å²) in [6, 6.07) is 0. The van der Waals surface area contributed by atoms with Crippen LogP contribution in [0.5, 0.6) is 0 Å². The number of carbonyl (C=O) groups excluding carboxylic acids is 1. The molecule has 1 unspecified atom stereocenters. The highest BCUT2D eigenvalue weighted by Gasteiger charge is 2.37. The lowest BCUT2D eigenvalue weighted by atomic mass is 9.86. The van der Waals surface area contributed by atoms with Crippen LogP contribution in [0.3, 0.4) is 0 Å². The number of carbonyl (C=O) groups is 1. The largest absolute Gasteiger partial charge is 0.483 e. The van der Waals surface area contributed by atoms with E-state index < -0.39 is 0 Å². The zero-order valence-electron chi connectivity index (χ0n) is 14.6. The fourth-order valence-corrected chi connectivity index (χ4v) is 2.81. The molecule has 0 aliphatic carbocycles. The SMILES string of the molecule is CC/C=C/C(CC)C[C@]1(CC)C=C(CC)/C(=C/C(=O)OC)O1. The Morgan fingerprint density at radius 2 is 2.09 bits per heavy atom. The molecule has 22 heavy (non-hydrogen) atoms. The van der Waals surface area contributed by atoms with Crippen molar-refractivity contribution >= 4 is 5.97 Å². The van der Waals surface area contributed by atoms with Crippen LogP contribution in [0.15, 0.2) is 35.6 Å². The van der Waals surface area contributed by atoms with Crippen molar-refractivity contribution in [2.75, 3.05) is 7.11 Å². The van der Waals surface area contributed by atoms with Gasteiger partial charge in [0.2, 0.25) is 0 Å². The molecule has 1 aliphatic heterocycles. The number of rotatable bonds is 8. The van der Waals surface area contributed by atoms with Crippen LogP contribution >= 0.6 is 0 Å². The average Bonchev–Trinajstić information content (AvgIpc) is 2.89. The Hall–Kier alpha value is -1.51. The molecule has 1 aliphatic rings. The summed E-state index contributed by atoms with van der Waals surface area (Å²) in [7, 11) is 1.39. The first-order chi connectivity index (χ1) is 10.5. The van der Waals surface area contributed by atoms with Crippen molar-refractivity contribution in [3.63, 3.8) is 0 Å². The van der Waals surface area contributed by atoms with Crippen molar-refractivity contribution in [2.24, 2.45) is 5.92 Å². The smallest absolute Gasteiger partial charge is 0.334 e. The molecule has 0 spiro atoms. The van der Waals surface area contributed by atoms with E-state index >= 15 is 0 Å². The van der Waals surface area contributed by atoms with Gasteiger partial charge in [-0.25, -0.2) is 4.79 Å². The molecular weight excluding hydrogens is 276 g/mol. The maximum absolute atomic E-state index is 11.5. The van der Waals surface area contributed by atoms with Gasteiger partial charge in [-0.05, 0) is 49.7 Å². The van der Waals surface area contributed by atoms with Crippen LogP contribution in [-0.2, 0) is 14.3 Å². The van der Waals surface area contributed by atoms with Gasteiger partial charge in [0.05, 0.1) is 13.2 Å². The quantitative estimate of drug-likeness (QED) is 0.362. The van der Waals surface area contributed by atoms with Crippen molar-refractivity contribution < 1.29 is 14.3 Å². The molecule has 124 valence electrons. The Morgan fingerprint density at radius 1 is 1.36 bits per heavy atom. The van der Waals surface area contributed by atoms with E-state index in [1.807, 2.05) is 0 Å². The third-order valence-corrected chi connectivity index (χ3v) is 4.27. The van der Waals surface area contributed by atoms with Crippen LogP contribution < -0.4 is 0 Å². The summed E-state index contributed by atoms with van der Waals surface area (Å²) in [5, 5.41) is 0. The number of hydrogen-bond acceptors (Lipinski definition) is 3. The summed E-state index contributed by atoms with van der Waals surface area (Å²) in [4.78, 5) is 11.5. The zero-order chi connectivity index (χ0) is 16.6. The molecule has 0 amide bonds. The van der Waals surface area contributed by atoms with Crippen LogP contribution in [0.4, 0.5) is 0 Å². The molecule has 0 aromatic rings. The molecule has 3 heteroatoms. The van der Waals surface area contributed by atoms with E-state index in [1.165, 1.54) is 13.2 Å². The molecule has 0 radical (unpaired) electrons. The van der Waals surface area contributed by atoms with E-state index in [2.05, 4.69) is 45.9 Å². The molecule has 0 aromatic carbocycles.